The number of halogens is 1. The second-order valence-corrected chi connectivity index (χ2v) is 5.78. The fourth-order valence-electron chi connectivity index (χ4n) is 1.48. The molecule has 0 aliphatic heterocycles. The summed E-state index contributed by atoms with van der Waals surface area (Å²) in [5.74, 6) is 2.48. The van der Waals surface area contributed by atoms with Gasteiger partial charge in [-0.2, -0.15) is 12.6 Å². The van der Waals surface area contributed by atoms with E-state index in [4.69, 9.17) is 0 Å². The maximum Gasteiger partial charge on any atom is 0.266 e. The summed E-state index contributed by atoms with van der Waals surface area (Å²) in [5.41, 5.74) is 0.0560. The third-order valence-electron chi connectivity index (χ3n) is 2.80. The molecule has 0 saturated carbocycles. The smallest absolute Gasteiger partial charge is 0.266 e. The van der Waals surface area contributed by atoms with Crippen LogP contribution in [0.1, 0.15) is 19.7 Å². The van der Waals surface area contributed by atoms with Crippen LogP contribution in [0.2, 0.25) is 0 Å². The molecule has 1 rings (SSSR count). The van der Waals surface area contributed by atoms with Gasteiger partial charge in [-0.05, 0) is 47.1 Å². The van der Waals surface area contributed by atoms with Gasteiger partial charge in [-0.3, -0.25) is 9.36 Å². The van der Waals surface area contributed by atoms with Crippen LogP contribution in [-0.2, 0) is 6.54 Å². The summed E-state index contributed by atoms with van der Waals surface area (Å²) in [6.07, 6.45) is 1.62. The van der Waals surface area contributed by atoms with Crippen LogP contribution in [0.15, 0.2) is 11.0 Å². The monoisotopic (exact) mass is 352 g/mol. The number of aromatic nitrogens is 2. The maximum atomic E-state index is 12.0. The molecule has 16 heavy (non-hydrogen) atoms. The highest BCUT2D eigenvalue weighted by molar-refractivity contribution is 14.1. The first-order valence-electron chi connectivity index (χ1n) is 5.30. The van der Waals surface area contributed by atoms with Crippen LogP contribution in [0.25, 0.3) is 0 Å². The third kappa shape index (κ3) is 3.23. The van der Waals surface area contributed by atoms with Crippen molar-refractivity contribution in [3.05, 3.63) is 25.9 Å². The van der Waals surface area contributed by atoms with Crippen molar-refractivity contribution in [3.8, 4) is 0 Å². The van der Waals surface area contributed by atoms with Crippen molar-refractivity contribution in [3.63, 3.8) is 0 Å². The van der Waals surface area contributed by atoms with Gasteiger partial charge in [0.25, 0.3) is 5.56 Å². The molecular weight excluding hydrogens is 335 g/mol. The zero-order valence-electron chi connectivity index (χ0n) is 9.77. The molecule has 0 spiro atoms. The van der Waals surface area contributed by atoms with Crippen molar-refractivity contribution in [2.75, 3.05) is 5.75 Å². The van der Waals surface area contributed by atoms with E-state index in [0.717, 1.165) is 11.6 Å². The quantitative estimate of drug-likeness (QED) is 0.667. The number of thiol groups is 1. The lowest BCUT2D eigenvalue weighted by atomic mass is 9.98. The molecule has 0 bridgehead atoms. The molecule has 1 aromatic heterocycles. The highest BCUT2D eigenvalue weighted by Gasteiger charge is 2.15. The van der Waals surface area contributed by atoms with E-state index >= 15 is 0 Å². The number of nitrogens with zero attached hydrogens (tertiary/aromatic N) is 2. The van der Waals surface area contributed by atoms with Gasteiger partial charge in [-0.1, -0.05) is 13.8 Å². The van der Waals surface area contributed by atoms with Crippen molar-refractivity contribution in [1.29, 1.82) is 0 Å². The van der Waals surface area contributed by atoms with Crippen LogP contribution < -0.4 is 5.56 Å². The molecule has 1 unspecified atom stereocenters. The van der Waals surface area contributed by atoms with E-state index in [-0.39, 0.29) is 5.56 Å². The Morgan fingerprint density at radius 1 is 1.56 bits per heavy atom. The van der Waals surface area contributed by atoms with E-state index in [0.29, 0.717) is 22.0 Å². The fourth-order valence-corrected chi connectivity index (χ4v) is 2.45. The van der Waals surface area contributed by atoms with Gasteiger partial charge in [-0.15, -0.1) is 0 Å². The first kappa shape index (κ1) is 14.0. The van der Waals surface area contributed by atoms with Crippen molar-refractivity contribution in [2.24, 2.45) is 11.8 Å². The molecule has 0 aliphatic carbocycles. The normalized spacial score (nSPS) is 13.1. The first-order chi connectivity index (χ1) is 7.47. The van der Waals surface area contributed by atoms with Crippen LogP contribution in [-0.4, -0.2) is 15.3 Å². The van der Waals surface area contributed by atoms with Gasteiger partial charge in [0.2, 0.25) is 0 Å². The Morgan fingerprint density at radius 3 is 2.69 bits per heavy atom. The van der Waals surface area contributed by atoms with Crippen LogP contribution in [0.5, 0.6) is 0 Å². The summed E-state index contributed by atoms with van der Waals surface area (Å²) in [7, 11) is 0. The van der Waals surface area contributed by atoms with E-state index < -0.39 is 0 Å². The fraction of sp³-hybridized carbons (Fsp3) is 0.636. The zero-order chi connectivity index (χ0) is 12.3. The molecule has 0 fully saturated rings. The number of hydrogen-bond acceptors (Lipinski definition) is 3. The lowest BCUT2D eigenvalue weighted by molar-refractivity contribution is 0.361. The van der Waals surface area contributed by atoms with E-state index in [1.807, 2.05) is 29.5 Å². The molecule has 90 valence electrons. The minimum absolute atomic E-state index is 0.0560. The summed E-state index contributed by atoms with van der Waals surface area (Å²) in [5, 5.41) is 0. The average molecular weight is 352 g/mol. The Kier molecular flexibility index (Phi) is 5.30. The lowest BCUT2D eigenvalue weighted by Gasteiger charge is -2.20. The molecule has 1 aromatic rings. The lowest BCUT2D eigenvalue weighted by Crippen LogP contribution is -2.30. The minimum Gasteiger partial charge on any atom is -0.296 e. The van der Waals surface area contributed by atoms with E-state index in [9.17, 15) is 4.79 Å². The highest BCUT2D eigenvalue weighted by atomic mass is 127. The molecular formula is C11H17IN2OS. The highest BCUT2D eigenvalue weighted by Crippen LogP contribution is 2.15. The Hall–Kier alpha value is -0.0400. The van der Waals surface area contributed by atoms with Crippen molar-refractivity contribution >= 4 is 35.2 Å². The Labute approximate surface area is 115 Å². The van der Waals surface area contributed by atoms with Crippen molar-refractivity contribution in [2.45, 2.75) is 27.3 Å². The van der Waals surface area contributed by atoms with Gasteiger partial charge in [-0.25, -0.2) is 4.98 Å². The molecule has 0 saturated heterocycles. The van der Waals surface area contributed by atoms with Crippen LogP contribution in [0.3, 0.4) is 0 Å². The molecule has 1 atom stereocenters. The van der Waals surface area contributed by atoms with E-state index in [1.54, 1.807) is 10.8 Å². The van der Waals surface area contributed by atoms with Gasteiger partial charge >= 0.3 is 0 Å². The summed E-state index contributed by atoms with van der Waals surface area (Å²) in [4.78, 5) is 16.2. The maximum absolute atomic E-state index is 12.0. The summed E-state index contributed by atoms with van der Waals surface area (Å²) >= 11 is 6.37. The standard InChI is InChI=1S/C11H17IN2OS/c1-7(2)9(6-16)5-14-8(3)13-4-10(12)11(14)15/h4,7,9,16H,5-6H2,1-3H3. The number of aryl methyl sites for hydroxylation is 1. The summed E-state index contributed by atoms with van der Waals surface area (Å²) < 4.78 is 2.42. The molecule has 3 nitrogen and oxygen atoms in total. The second kappa shape index (κ2) is 6.05. The van der Waals surface area contributed by atoms with Gasteiger partial charge in [0.15, 0.2) is 0 Å². The topological polar surface area (TPSA) is 34.9 Å². The molecule has 5 heteroatoms. The zero-order valence-corrected chi connectivity index (χ0v) is 12.8. The minimum atomic E-state index is 0.0560. The van der Waals surface area contributed by atoms with Crippen molar-refractivity contribution in [1.82, 2.24) is 9.55 Å². The molecule has 0 aliphatic rings. The van der Waals surface area contributed by atoms with Gasteiger partial charge in [0.05, 0.1) is 3.57 Å². The second-order valence-electron chi connectivity index (χ2n) is 4.26. The van der Waals surface area contributed by atoms with Crippen LogP contribution >= 0.6 is 35.2 Å². The third-order valence-corrected chi connectivity index (χ3v) is 4.01. The average Bonchev–Trinajstić information content (AvgIpc) is 2.23. The van der Waals surface area contributed by atoms with Gasteiger partial charge in [0.1, 0.15) is 5.82 Å². The largest absolute Gasteiger partial charge is 0.296 e. The predicted octanol–water partition coefficient (Wildman–Crippen LogP) is 2.36. The summed E-state index contributed by atoms with van der Waals surface area (Å²) in [6, 6.07) is 0. The van der Waals surface area contributed by atoms with Crippen molar-refractivity contribution < 1.29 is 0 Å². The Bertz CT molecular complexity index is 417. The summed E-state index contributed by atoms with van der Waals surface area (Å²) in [6.45, 7) is 6.88. The molecule has 0 radical (unpaired) electrons. The number of hydrogen-bond donors (Lipinski definition) is 1. The van der Waals surface area contributed by atoms with E-state index in [2.05, 4.69) is 31.5 Å². The predicted molar refractivity (Wildman–Crippen MR) is 78.1 cm³/mol. The number of rotatable bonds is 4. The Morgan fingerprint density at radius 2 is 2.19 bits per heavy atom. The van der Waals surface area contributed by atoms with E-state index in [1.165, 1.54) is 0 Å². The van der Waals surface area contributed by atoms with Gasteiger partial charge < -0.3 is 0 Å². The molecule has 0 aromatic carbocycles. The molecule has 0 N–H and O–H groups in total. The van der Waals surface area contributed by atoms with Crippen LogP contribution in [0.4, 0.5) is 0 Å². The first-order valence-corrected chi connectivity index (χ1v) is 7.01. The Balaban J connectivity index is 3.05. The molecule has 1 heterocycles. The van der Waals surface area contributed by atoms with Crippen LogP contribution in [0, 0.1) is 22.3 Å². The molecule has 0 amide bonds. The van der Waals surface area contributed by atoms with Gasteiger partial charge in [0, 0.05) is 12.7 Å². The SMILES string of the molecule is Cc1ncc(I)c(=O)n1CC(CS)C(C)C.